The molecule has 0 bridgehead atoms. The molecule has 0 heterocycles. The van der Waals surface area contributed by atoms with Crippen LogP contribution in [-0.4, -0.2) is 17.1 Å². The molecule has 0 aliphatic rings. The van der Waals surface area contributed by atoms with E-state index in [9.17, 15) is 4.79 Å². The number of aliphatic carboxylic acids is 1. The molecule has 3 heteroatoms. The smallest absolute Gasteiger partial charge is 0.320 e. The lowest BCUT2D eigenvalue weighted by molar-refractivity contribution is -0.138. The van der Waals surface area contributed by atoms with Gasteiger partial charge in [-0.15, -0.1) is 0 Å². The Kier molecular flexibility index (Phi) is 3.24. The molecular formula is C6H13NO2. The first-order chi connectivity index (χ1) is 4.04. The summed E-state index contributed by atoms with van der Waals surface area (Å²) in [5, 5.41) is 8.31. The highest BCUT2D eigenvalue weighted by Crippen LogP contribution is 2.01. The fourth-order valence-electron chi connectivity index (χ4n) is 0.609. The van der Waals surface area contributed by atoms with Crippen molar-refractivity contribution in [1.29, 1.82) is 0 Å². The van der Waals surface area contributed by atoms with Gasteiger partial charge in [0.2, 0.25) is 0 Å². The van der Waals surface area contributed by atoms with Gasteiger partial charge in [0.15, 0.2) is 0 Å². The number of carboxylic acid groups (broad SMARTS) is 1. The first-order valence-corrected chi connectivity index (χ1v) is 3.02. The summed E-state index contributed by atoms with van der Waals surface area (Å²) in [6.07, 6.45) is 0.551. The van der Waals surface area contributed by atoms with Crippen molar-refractivity contribution in [2.45, 2.75) is 26.3 Å². The first kappa shape index (κ1) is 8.43. The van der Waals surface area contributed by atoms with Crippen LogP contribution in [0.1, 0.15) is 20.3 Å². The van der Waals surface area contributed by atoms with Gasteiger partial charge in [-0.3, -0.25) is 4.79 Å². The van der Waals surface area contributed by atoms with Crippen LogP contribution in [0.15, 0.2) is 0 Å². The van der Waals surface area contributed by atoms with E-state index in [1.807, 2.05) is 13.8 Å². The SMILES string of the molecule is CC(C)[13CH2][13C@H](N)C(=O)O. The van der Waals surface area contributed by atoms with E-state index in [0.717, 1.165) is 0 Å². The van der Waals surface area contributed by atoms with Crippen molar-refractivity contribution >= 4 is 5.97 Å². The van der Waals surface area contributed by atoms with Crippen LogP contribution in [-0.2, 0) is 4.79 Å². The second kappa shape index (κ2) is 3.45. The average Bonchev–Trinajstić information content (AvgIpc) is 1.63. The van der Waals surface area contributed by atoms with E-state index in [1.54, 1.807) is 0 Å². The Labute approximate surface area is 54.9 Å². The van der Waals surface area contributed by atoms with Crippen LogP contribution in [0.5, 0.6) is 0 Å². The van der Waals surface area contributed by atoms with Gasteiger partial charge in [-0.25, -0.2) is 0 Å². The molecule has 0 aromatic carbocycles. The van der Waals surface area contributed by atoms with E-state index >= 15 is 0 Å². The highest BCUT2D eigenvalue weighted by Gasteiger charge is 2.11. The minimum atomic E-state index is -0.913. The van der Waals surface area contributed by atoms with E-state index in [2.05, 4.69) is 0 Å². The Morgan fingerprint density at radius 1 is 1.67 bits per heavy atom. The van der Waals surface area contributed by atoms with Gasteiger partial charge < -0.3 is 10.8 Å². The molecule has 0 aromatic rings. The van der Waals surface area contributed by atoms with E-state index in [0.29, 0.717) is 12.3 Å². The van der Waals surface area contributed by atoms with Crippen LogP contribution < -0.4 is 5.73 Å². The van der Waals surface area contributed by atoms with Gasteiger partial charge in [-0.2, -0.15) is 0 Å². The predicted octanol–water partition coefficient (Wildman–Crippen LogP) is 0.444. The minimum Gasteiger partial charge on any atom is -0.480 e. The lowest BCUT2D eigenvalue weighted by atomic mass is 10.3. The Morgan fingerprint density at radius 3 is 2.22 bits per heavy atom. The quantitative estimate of drug-likeness (QED) is 0.549. The topological polar surface area (TPSA) is 63.3 Å². The predicted molar refractivity (Wildman–Crippen MR) is 35.1 cm³/mol. The molecule has 0 saturated carbocycles. The van der Waals surface area contributed by atoms with Crippen molar-refractivity contribution in [2.75, 3.05) is 0 Å². The normalized spacial score (nSPS) is 13.8. The van der Waals surface area contributed by atoms with E-state index in [1.165, 1.54) is 0 Å². The molecule has 9 heavy (non-hydrogen) atoms. The van der Waals surface area contributed by atoms with Gasteiger partial charge in [-0.05, 0) is 12.3 Å². The molecule has 0 amide bonds. The Bertz CT molecular complexity index is 101. The lowest BCUT2D eigenvalue weighted by Crippen LogP contribution is -2.31. The van der Waals surface area contributed by atoms with Gasteiger partial charge in [0.25, 0.3) is 0 Å². The second-order valence-electron chi connectivity index (χ2n) is 2.57. The van der Waals surface area contributed by atoms with Crippen LogP contribution in [0, 0.1) is 5.92 Å². The monoisotopic (exact) mass is 133 g/mol. The molecular weight excluding hydrogens is 120 g/mol. The first-order valence-electron chi connectivity index (χ1n) is 3.02. The third kappa shape index (κ3) is 3.97. The molecule has 0 rings (SSSR count). The van der Waals surface area contributed by atoms with Gasteiger partial charge in [0.05, 0.1) is 0 Å². The third-order valence-corrected chi connectivity index (χ3v) is 1.04. The van der Waals surface area contributed by atoms with Crippen molar-refractivity contribution in [2.24, 2.45) is 11.7 Å². The zero-order valence-corrected chi connectivity index (χ0v) is 5.79. The summed E-state index contributed by atoms with van der Waals surface area (Å²) in [6, 6.07) is -0.690. The van der Waals surface area contributed by atoms with Crippen molar-refractivity contribution in [3.05, 3.63) is 0 Å². The van der Waals surface area contributed by atoms with Crippen LogP contribution >= 0.6 is 0 Å². The maximum absolute atomic E-state index is 10.1. The fraction of sp³-hybridized carbons (Fsp3) is 0.833. The molecule has 54 valence electrons. The summed E-state index contributed by atoms with van der Waals surface area (Å²) in [6.45, 7) is 3.89. The van der Waals surface area contributed by atoms with Crippen molar-refractivity contribution in [3.8, 4) is 0 Å². The van der Waals surface area contributed by atoms with Crippen molar-refractivity contribution < 1.29 is 9.90 Å². The number of rotatable bonds is 3. The lowest BCUT2D eigenvalue weighted by Gasteiger charge is -2.07. The molecule has 0 fully saturated rings. The zero-order chi connectivity index (χ0) is 7.44. The summed E-state index contributed by atoms with van der Waals surface area (Å²) in [7, 11) is 0. The molecule has 0 spiro atoms. The van der Waals surface area contributed by atoms with Gasteiger partial charge in [0.1, 0.15) is 6.04 Å². The fourth-order valence-corrected chi connectivity index (χ4v) is 0.609. The van der Waals surface area contributed by atoms with Gasteiger partial charge in [-0.1, -0.05) is 13.8 Å². The Morgan fingerprint density at radius 2 is 2.11 bits per heavy atom. The summed E-state index contributed by atoms with van der Waals surface area (Å²) in [4.78, 5) is 10.1. The number of hydrogen-bond acceptors (Lipinski definition) is 2. The van der Waals surface area contributed by atoms with Crippen LogP contribution in [0.3, 0.4) is 0 Å². The Balaban J connectivity index is 3.50. The number of carboxylic acids is 1. The highest BCUT2D eigenvalue weighted by molar-refractivity contribution is 5.72. The van der Waals surface area contributed by atoms with E-state index in [4.69, 9.17) is 10.8 Å². The average molecular weight is 133 g/mol. The van der Waals surface area contributed by atoms with E-state index in [-0.39, 0.29) is 0 Å². The third-order valence-electron chi connectivity index (χ3n) is 1.04. The summed E-state index contributed by atoms with van der Waals surface area (Å²) in [5.41, 5.74) is 5.22. The molecule has 0 unspecified atom stereocenters. The van der Waals surface area contributed by atoms with Crippen molar-refractivity contribution in [3.63, 3.8) is 0 Å². The van der Waals surface area contributed by atoms with Gasteiger partial charge in [0, 0.05) is 0 Å². The van der Waals surface area contributed by atoms with Crippen LogP contribution in [0.4, 0.5) is 0 Å². The molecule has 3 N–H and O–H groups in total. The van der Waals surface area contributed by atoms with Crippen LogP contribution in [0.2, 0.25) is 0 Å². The molecule has 0 radical (unpaired) electrons. The van der Waals surface area contributed by atoms with E-state index < -0.39 is 12.0 Å². The number of carbonyl (C=O) groups is 1. The molecule has 0 aliphatic heterocycles. The number of hydrogen-bond donors (Lipinski definition) is 2. The standard InChI is InChI=1S/C6H13NO2/c1-4(2)3-5(7)6(8)9/h4-5H,3,7H2,1-2H3,(H,8,9)/t5-/m0/s1/i3+1,5+1. The second-order valence-corrected chi connectivity index (χ2v) is 2.57. The zero-order valence-electron chi connectivity index (χ0n) is 5.79. The molecule has 0 aliphatic carbocycles. The Hall–Kier alpha value is -0.570. The maximum Gasteiger partial charge on any atom is 0.320 e. The summed E-state index contributed by atoms with van der Waals surface area (Å²) in [5.74, 6) is -0.556. The molecule has 0 saturated heterocycles. The molecule has 3 nitrogen and oxygen atoms in total. The number of nitrogens with two attached hydrogens (primary N) is 1. The largest absolute Gasteiger partial charge is 0.480 e. The molecule has 1 atom stereocenters. The summed E-state index contributed by atoms with van der Waals surface area (Å²) >= 11 is 0. The maximum atomic E-state index is 10.1. The highest BCUT2D eigenvalue weighted by atomic mass is 16.4. The summed E-state index contributed by atoms with van der Waals surface area (Å²) < 4.78 is 0. The van der Waals surface area contributed by atoms with Crippen LogP contribution in [0.25, 0.3) is 0 Å². The van der Waals surface area contributed by atoms with Gasteiger partial charge >= 0.3 is 5.97 Å². The van der Waals surface area contributed by atoms with Crippen molar-refractivity contribution in [1.82, 2.24) is 0 Å². The molecule has 0 aromatic heterocycles. The minimum absolute atomic E-state index is 0.357.